The van der Waals surface area contributed by atoms with Crippen LogP contribution in [0.5, 0.6) is 0 Å². The Morgan fingerprint density at radius 1 is 1.16 bits per heavy atom. The highest BCUT2D eigenvalue weighted by Crippen LogP contribution is 2.36. The largest absolute Gasteiger partial charge is 0.415 e. The van der Waals surface area contributed by atoms with Gasteiger partial charge in [0.05, 0.1) is 18.8 Å². The molecule has 0 spiro atoms. The van der Waals surface area contributed by atoms with Gasteiger partial charge in [-0.05, 0) is 42.4 Å². The molecule has 0 aliphatic heterocycles. The Bertz CT molecular complexity index is 398. The van der Waals surface area contributed by atoms with E-state index in [1.54, 1.807) is 5.01 Å². The van der Waals surface area contributed by atoms with E-state index in [1.165, 1.54) is 0 Å². The monoisotopic (exact) mass is 281 g/mol. The van der Waals surface area contributed by atoms with Crippen molar-refractivity contribution in [1.82, 2.24) is 0 Å². The van der Waals surface area contributed by atoms with Crippen LogP contribution in [0, 0.1) is 0 Å². The Hall–Kier alpha value is -1.04. The zero-order valence-electron chi connectivity index (χ0n) is 12.7. The van der Waals surface area contributed by atoms with E-state index >= 15 is 0 Å². The normalized spacial score (nSPS) is 12.5. The van der Waals surface area contributed by atoms with Crippen LogP contribution >= 0.6 is 0 Å². The first-order valence-corrected chi connectivity index (χ1v) is 9.56. The number of nitrogens with two attached hydrogens (primary N) is 2. The first kappa shape index (κ1) is 16.0. The van der Waals surface area contributed by atoms with Gasteiger partial charge in [0, 0.05) is 5.69 Å². The highest BCUT2D eigenvalue weighted by molar-refractivity contribution is 6.74. The molecule has 0 saturated carbocycles. The standard InChI is InChI=1S/C14H27N3OSi/c1-14(2,3)19(4,5)18-11-10-17(16)13-8-6-12(15)7-9-13/h6-9H,10-11,15-16H2,1-5H3. The lowest BCUT2D eigenvalue weighted by molar-refractivity contribution is 0.294. The number of hydrogen-bond donors (Lipinski definition) is 2. The second-order valence-electron chi connectivity index (χ2n) is 6.39. The van der Waals surface area contributed by atoms with E-state index in [-0.39, 0.29) is 5.04 Å². The van der Waals surface area contributed by atoms with E-state index < -0.39 is 8.32 Å². The molecule has 0 saturated heterocycles. The SMILES string of the molecule is CC(C)(C)[Si](C)(C)OCCN(N)c1ccc(N)cc1. The average molecular weight is 281 g/mol. The smallest absolute Gasteiger partial charge is 0.192 e. The molecule has 1 rings (SSSR count). The lowest BCUT2D eigenvalue weighted by Crippen LogP contribution is -2.43. The van der Waals surface area contributed by atoms with Gasteiger partial charge >= 0.3 is 0 Å². The molecule has 0 atom stereocenters. The molecular weight excluding hydrogens is 254 g/mol. The average Bonchev–Trinajstić information content (AvgIpc) is 2.28. The van der Waals surface area contributed by atoms with Crippen molar-refractivity contribution in [2.24, 2.45) is 5.84 Å². The van der Waals surface area contributed by atoms with Gasteiger partial charge < -0.3 is 15.2 Å². The fourth-order valence-electron chi connectivity index (χ4n) is 1.41. The number of anilines is 2. The van der Waals surface area contributed by atoms with Gasteiger partial charge in [-0.15, -0.1) is 0 Å². The predicted molar refractivity (Wildman–Crippen MR) is 85.5 cm³/mol. The number of hydrazine groups is 1. The highest BCUT2D eigenvalue weighted by atomic mass is 28.4. The molecule has 19 heavy (non-hydrogen) atoms. The van der Waals surface area contributed by atoms with Gasteiger partial charge in [0.1, 0.15) is 0 Å². The topological polar surface area (TPSA) is 64.5 Å². The van der Waals surface area contributed by atoms with E-state index in [2.05, 4.69) is 33.9 Å². The van der Waals surface area contributed by atoms with Crippen molar-refractivity contribution in [1.29, 1.82) is 0 Å². The van der Waals surface area contributed by atoms with Crippen LogP contribution in [-0.4, -0.2) is 21.5 Å². The summed E-state index contributed by atoms with van der Waals surface area (Å²) in [7, 11) is -1.68. The molecule has 1 aromatic carbocycles. The van der Waals surface area contributed by atoms with Crippen molar-refractivity contribution in [3.63, 3.8) is 0 Å². The van der Waals surface area contributed by atoms with Crippen molar-refractivity contribution in [2.75, 3.05) is 23.9 Å². The first-order valence-electron chi connectivity index (χ1n) is 6.65. The van der Waals surface area contributed by atoms with E-state index in [0.717, 1.165) is 11.4 Å². The Morgan fingerprint density at radius 2 is 1.68 bits per heavy atom. The maximum Gasteiger partial charge on any atom is 0.192 e. The first-order chi connectivity index (χ1) is 8.63. The van der Waals surface area contributed by atoms with E-state index in [9.17, 15) is 0 Å². The van der Waals surface area contributed by atoms with E-state index in [1.807, 2.05) is 24.3 Å². The van der Waals surface area contributed by atoms with Crippen LogP contribution in [0.3, 0.4) is 0 Å². The van der Waals surface area contributed by atoms with E-state index in [0.29, 0.717) is 13.2 Å². The van der Waals surface area contributed by atoms with Gasteiger partial charge in [-0.3, -0.25) is 0 Å². The molecule has 0 aliphatic carbocycles. The van der Waals surface area contributed by atoms with Gasteiger partial charge in [0.25, 0.3) is 0 Å². The molecular formula is C14H27N3OSi. The van der Waals surface area contributed by atoms with Crippen LogP contribution in [0.15, 0.2) is 24.3 Å². The minimum atomic E-state index is -1.68. The summed E-state index contributed by atoms with van der Waals surface area (Å²) >= 11 is 0. The van der Waals surface area contributed by atoms with Crippen LogP contribution in [0.2, 0.25) is 18.1 Å². The molecule has 0 unspecified atom stereocenters. The van der Waals surface area contributed by atoms with Crippen LogP contribution in [0.1, 0.15) is 20.8 Å². The summed E-state index contributed by atoms with van der Waals surface area (Å²) in [5.74, 6) is 6.01. The third-order valence-electron chi connectivity index (χ3n) is 3.83. The molecule has 4 N–H and O–H groups in total. The van der Waals surface area contributed by atoms with Crippen LogP contribution in [0.4, 0.5) is 11.4 Å². The maximum absolute atomic E-state index is 6.10. The molecule has 5 heteroatoms. The summed E-state index contributed by atoms with van der Waals surface area (Å²) in [5.41, 5.74) is 7.35. The highest BCUT2D eigenvalue weighted by Gasteiger charge is 2.36. The fourth-order valence-corrected chi connectivity index (χ4v) is 2.45. The quantitative estimate of drug-likeness (QED) is 0.377. The zero-order chi connectivity index (χ0) is 14.7. The summed E-state index contributed by atoms with van der Waals surface area (Å²) in [6.45, 7) is 12.5. The second kappa shape index (κ2) is 5.94. The van der Waals surface area contributed by atoms with Crippen molar-refractivity contribution in [2.45, 2.75) is 38.9 Å². The Balaban J connectivity index is 2.47. The van der Waals surface area contributed by atoms with Crippen molar-refractivity contribution < 1.29 is 4.43 Å². The fraction of sp³-hybridized carbons (Fsp3) is 0.571. The molecule has 0 aliphatic rings. The molecule has 0 fully saturated rings. The zero-order valence-corrected chi connectivity index (χ0v) is 13.7. The van der Waals surface area contributed by atoms with Crippen molar-refractivity contribution in [3.05, 3.63) is 24.3 Å². The third-order valence-corrected chi connectivity index (χ3v) is 8.36. The summed E-state index contributed by atoms with van der Waals surface area (Å²) in [5, 5.41) is 1.93. The number of rotatable bonds is 5. The van der Waals surface area contributed by atoms with Crippen LogP contribution < -0.4 is 16.6 Å². The lowest BCUT2D eigenvalue weighted by atomic mass is 10.2. The summed E-state index contributed by atoms with van der Waals surface area (Å²) in [6.07, 6.45) is 0. The van der Waals surface area contributed by atoms with Gasteiger partial charge in [-0.25, -0.2) is 5.84 Å². The lowest BCUT2D eigenvalue weighted by Gasteiger charge is -2.36. The Labute approximate surface area is 117 Å². The molecule has 0 bridgehead atoms. The van der Waals surface area contributed by atoms with Crippen molar-refractivity contribution in [3.8, 4) is 0 Å². The van der Waals surface area contributed by atoms with E-state index in [4.69, 9.17) is 16.0 Å². The van der Waals surface area contributed by atoms with Crippen LogP contribution in [-0.2, 0) is 4.43 Å². The summed E-state index contributed by atoms with van der Waals surface area (Å²) < 4.78 is 6.10. The Kier molecular flexibility index (Phi) is 5.01. The molecule has 0 aromatic heterocycles. The molecule has 1 aromatic rings. The number of nitrogen functional groups attached to an aromatic ring is 1. The maximum atomic E-state index is 6.10. The van der Waals surface area contributed by atoms with Gasteiger partial charge in [-0.2, -0.15) is 0 Å². The Morgan fingerprint density at radius 3 is 2.16 bits per heavy atom. The minimum Gasteiger partial charge on any atom is -0.415 e. The second-order valence-corrected chi connectivity index (χ2v) is 11.2. The van der Waals surface area contributed by atoms with Gasteiger partial charge in [0.2, 0.25) is 0 Å². The number of hydrogen-bond acceptors (Lipinski definition) is 4. The third kappa shape index (κ3) is 4.52. The molecule has 4 nitrogen and oxygen atoms in total. The van der Waals surface area contributed by atoms with Gasteiger partial charge in [-0.1, -0.05) is 20.8 Å². The molecule has 108 valence electrons. The van der Waals surface area contributed by atoms with Crippen molar-refractivity contribution >= 4 is 19.7 Å². The molecule has 0 radical (unpaired) electrons. The van der Waals surface area contributed by atoms with Gasteiger partial charge in [0.15, 0.2) is 8.32 Å². The molecule has 0 amide bonds. The number of benzene rings is 1. The molecule has 0 heterocycles. The van der Waals surface area contributed by atoms with Crippen LogP contribution in [0.25, 0.3) is 0 Å². The minimum absolute atomic E-state index is 0.230. The summed E-state index contributed by atoms with van der Waals surface area (Å²) in [6, 6.07) is 7.54. The number of nitrogens with zero attached hydrogens (tertiary/aromatic N) is 1. The summed E-state index contributed by atoms with van der Waals surface area (Å²) in [4.78, 5) is 0. The predicted octanol–water partition coefficient (Wildman–Crippen LogP) is 2.97.